The molecule has 4 nitrogen and oxygen atoms in total. The zero-order valence-corrected chi connectivity index (χ0v) is 15.2. The van der Waals surface area contributed by atoms with Gasteiger partial charge in [-0.2, -0.15) is 0 Å². The number of hydrogen-bond acceptors (Lipinski definition) is 1. The second-order valence-corrected chi connectivity index (χ2v) is 7.04. The quantitative estimate of drug-likeness (QED) is 0.164. The Balaban J connectivity index is 2.20. The summed E-state index contributed by atoms with van der Waals surface area (Å²) >= 11 is 0. The van der Waals surface area contributed by atoms with Gasteiger partial charge in [0.15, 0.2) is 11.9 Å². The van der Waals surface area contributed by atoms with Crippen molar-refractivity contribution >= 4 is 49.4 Å². The molecule has 126 valence electrons. The van der Waals surface area contributed by atoms with E-state index in [4.69, 9.17) is 11.0 Å². The van der Waals surface area contributed by atoms with Gasteiger partial charge in [-0.25, -0.2) is 9.41 Å². The number of nitrogens with zero attached hydrogens (tertiary/aromatic N) is 3. The van der Waals surface area contributed by atoms with Crippen LogP contribution in [0, 0.1) is 20.4 Å². The van der Waals surface area contributed by atoms with Gasteiger partial charge in [-0.1, -0.05) is 0 Å². The lowest BCUT2D eigenvalue weighted by Crippen LogP contribution is -2.25. The van der Waals surface area contributed by atoms with Gasteiger partial charge in [0.05, 0.1) is 22.9 Å². The van der Waals surface area contributed by atoms with E-state index in [2.05, 4.69) is 66.4 Å². The van der Waals surface area contributed by atoms with Crippen molar-refractivity contribution in [2.24, 2.45) is 14.1 Å². The van der Waals surface area contributed by atoms with Crippen molar-refractivity contribution in [3.05, 3.63) is 59.2 Å². The Labute approximate surface area is 150 Å². The Morgan fingerprint density at radius 2 is 1.92 bits per heavy atom. The van der Waals surface area contributed by atoms with Gasteiger partial charge < -0.3 is 8.98 Å². The molecule has 26 heavy (non-hydrogen) atoms. The van der Waals surface area contributed by atoms with E-state index < -0.39 is 0 Å². The van der Waals surface area contributed by atoms with Crippen molar-refractivity contribution in [1.29, 1.82) is 0 Å². The summed E-state index contributed by atoms with van der Waals surface area (Å²) in [6.45, 7) is 11.7. The molecular formula is C22H18N3O+. The first-order valence-electron chi connectivity index (χ1n) is 8.61. The summed E-state index contributed by atoms with van der Waals surface area (Å²) in [5.41, 5.74) is 7.02. The third-order valence-electron chi connectivity index (χ3n) is 5.54. The predicted molar refractivity (Wildman–Crippen MR) is 105 cm³/mol. The van der Waals surface area contributed by atoms with Gasteiger partial charge in [0, 0.05) is 35.8 Å². The number of aromatic nitrogens is 2. The molecule has 0 bridgehead atoms. The summed E-state index contributed by atoms with van der Waals surface area (Å²) in [7, 11) is 4.15. The van der Waals surface area contributed by atoms with Crippen LogP contribution in [-0.4, -0.2) is 4.57 Å². The molecule has 0 aliphatic carbocycles. The molecule has 3 heterocycles. The molecule has 0 aliphatic rings. The monoisotopic (exact) mass is 340 g/mol. The van der Waals surface area contributed by atoms with Crippen molar-refractivity contribution in [3.8, 4) is 0 Å². The molecule has 2 aromatic carbocycles. The van der Waals surface area contributed by atoms with Crippen LogP contribution in [0.25, 0.3) is 48.6 Å². The zero-order chi connectivity index (χ0) is 18.2. The average Bonchev–Trinajstić information content (AvgIpc) is 3.03. The van der Waals surface area contributed by atoms with Gasteiger partial charge in [0.1, 0.15) is 18.2 Å². The van der Waals surface area contributed by atoms with E-state index >= 15 is 0 Å². The smallest absolute Gasteiger partial charge is 0.216 e. The minimum atomic E-state index is 0.603. The molecule has 0 N–H and O–H groups in total. The lowest BCUT2D eigenvalue weighted by molar-refractivity contribution is -0.642. The first-order valence-corrected chi connectivity index (χ1v) is 8.61. The molecule has 0 saturated heterocycles. The molecule has 4 heteroatoms. The van der Waals surface area contributed by atoms with Crippen LogP contribution in [0.3, 0.4) is 0 Å². The van der Waals surface area contributed by atoms with Crippen molar-refractivity contribution in [3.63, 3.8) is 0 Å². The summed E-state index contributed by atoms with van der Waals surface area (Å²) in [5.74, 6) is 0. The molecule has 0 unspecified atom stereocenters. The van der Waals surface area contributed by atoms with E-state index in [9.17, 15) is 0 Å². The first-order chi connectivity index (χ1) is 12.5. The molecule has 3 aromatic heterocycles. The number of rotatable bonds is 0. The molecule has 0 atom stereocenters. The second-order valence-electron chi connectivity index (χ2n) is 7.04. The third kappa shape index (κ3) is 1.70. The molecule has 0 radical (unpaired) electrons. The SMILES string of the molecule is [C-]#[N+]c1cc2ccn(C)c3c4c(C)c5c(cc[n+]5C)c(C)c4oc(c1)c23. The van der Waals surface area contributed by atoms with Crippen LogP contribution in [0.15, 0.2) is 41.1 Å². The van der Waals surface area contributed by atoms with E-state index in [1.54, 1.807) is 0 Å². The van der Waals surface area contributed by atoms with Gasteiger partial charge in [0.2, 0.25) is 5.52 Å². The van der Waals surface area contributed by atoms with E-state index in [1.165, 1.54) is 16.5 Å². The minimum Gasteiger partial charge on any atom is -0.457 e. The normalized spacial score (nSPS) is 11.8. The van der Waals surface area contributed by atoms with Crippen molar-refractivity contribution < 1.29 is 8.98 Å². The lowest BCUT2D eigenvalue weighted by Gasteiger charge is -2.16. The van der Waals surface area contributed by atoms with E-state index in [0.717, 1.165) is 38.4 Å². The predicted octanol–water partition coefficient (Wildman–Crippen LogP) is 5.22. The first kappa shape index (κ1) is 15.0. The number of fused-ring (bicyclic) bond motifs is 3. The highest BCUT2D eigenvalue weighted by Gasteiger charge is 2.22. The maximum absolute atomic E-state index is 7.40. The number of aryl methyl sites for hydroxylation is 4. The fourth-order valence-electron chi connectivity index (χ4n) is 4.32. The molecule has 0 saturated carbocycles. The molecule has 0 spiro atoms. The Morgan fingerprint density at radius 3 is 2.69 bits per heavy atom. The van der Waals surface area contributed by atoms with Crippen LogP contribution in [0.1, 0.15) is 11.1 Å². The van der Waals surface area contributed by atoms with E-state index in [1.807, 2.05) is 12.1 Å². The molecule has 5 rings (SSSR count). The number of benzene rings is 2. The minimum absolute atomic E-state index is 0.603. The van der Waals surface area contributed by atoms with Gasteiger partial charge in [0.25, 0.3) is 0 Å². The molecule has 0 aliphatic heterocycles. The topological polar surface area (TPSA) is 26.3 Å². The highest BCUT2D eigenvalue weighted by molar-refractivity contribution is 6.20. The summed E-state index contributed by atoms with van der Waals surface area (Å²) in [6.07, 6.45) is 4.16. The van der Waals surface area contributed by atoms with Gasteiger partial charge in [-0.05, 0) is 37.4 Å². The van der Waals surface area contributed by atoms with Crippen molar-refractivity contribution in [2.75, 3.05) is 0 Å². The van der Waals surface area contributed by atoms with Gasteiger partial charge in [-0.3, -0.25) is 0 Å². The maximum atomic E-state index is 7.40. The molecule has 5 aromatic rings. The summed E-state index contributed by atoms with van der Waals surface area (Å²) < 4.78 is 10.7. The fourth-order valence-corrected chi connectivity index (χ4v) is 4.32. The van der Waals surface area contributed by atoms with Crippen molar-refractivity contribution in [2.45, 2.75) is 13.8 Å². The Bertz CT molecular complexity index is 1430. The van der Waals surface area contributed by atoms with Crippen LogP contribution in [0.4, 0.5) is 5.69 Å². The highest BCUT2D eigenvalue weighted by Crippen LogP contribution is 2.40. The van der Waals surface area contributed by atoms with Crippen LogP contribution >= 0.6 is 0 Å². The number of pyridine rings is 1. The number of hydrogen-bond donors (Lipinski definition) is 0. The van der Waals surface area contributed by atoms with Crippen LogP contribution in [-0.2, 0) is 14.1 Å². The summed E-state index contributed by atoms with van der Waals surface area (Å²) in [6, 6.07) is 7.99. The van der Waals surface area contributed by atoms with E-state index in [-0.39, 0.29) is 0 Å². The van der Waals surface area contributed by atoms with Gasteiger partial charge in [-0.15, -0.1) is 0 Å². The zero-order valence-electron chi connectivity index (χ0n) is 15.2. The summed E-state index contributed by atoms with van der Waals surface area (Å²) in [5, 5.41) is 4.47. The lowest BCUT2D eigenvalue weighted by atomic mass is 9.97. The molecule has 0 amide bonds. The molecular weight excluding hydrogens is 322 g/mol. The Hall–Kier alpha value is -3.32. The van der Waals surface area contributed by atoms with E-state index in [0.29, 0.717) is 5.69 Å². The van der Waals surface area contributed by atoms with Crippen LogP contribution in [0.2, 0.25) is 0 Å². The van der Waals surface area contributed by atoms with Crippen LogP contribution in [0.5, 0.6) is 0 Å². The average molecular weight is 340 g/mol. The fraction of sp³-hybridized carbons (Fsp3) is 0.182. The van der Waals surface area contributed by atoms with Crippen LogP contribution < -0.4 is 4.57 Å². The summed E-state index contributed by atoms with van der Waals surface area (Å²) in [4.78, 5) is 3.61. The second kappa shape index (κ2) is 4.86. The maximum Gasteiger partial charge on any atom is 0.216 e. The van der Waals surface area contributed by atoms with Gasteiger partial charge >= 0.3 is 0 Å². The third-order valence-corrected chi connectivity index (χ3v) is 5.54. The largest absolute Gasteiger partial charge is 0.457 e. The molecule has 0 fully saturated rings. The Kier molecular flexibility index (Phi) is 2.80. The highest BCUT2D eigenvalue weighted by atomic mass is 16.3. The Morgan fingerprint density at radius 1 is 1.12 bits per heavy atom. The van der Waals surface area contributed by atoms with Crippen molar-refractivity contribution in [1.82, 2.24) is 4.57 Å². The standard InChI is InChI=1S/C22H18N3O/c1-12-16-7-9-24(4)20(16)13(2)18-21-19-14(6-8-25(21)5)10-15(23-3)11-17(19)26-22(12)18/h6-11H,1-2,4-5H3/q+1.